The van der Waals surface area contributed by atoms with Crippen LogP contribution in [0.5, 0.6) is 0 Å². The molecule has 0 atom stereocenters. The summed E-state index contributed by atoms with van der Waals surface area (Å²) in [6, 6.07) is 13.0. The third kappa shape index (κ3) is 2.36. The maximum absolute atomic E-state index is 13.3. The van der Waals surface area contributed by atoms with Crippen LogP contribution in [0.2, 0.25) is 0 Å². The van der Waals surface area contributed by atoms with E-state index < -0.39 is 10.8 Å². The number of nitro groups is 1. The normalized spacial score (nSPS) is 12.1. The van der Waals surface area contributed by atoms with Gasteiger partial charge in [-0.1, -0.05) is 24.3 Å². The Hall–Kier alpha value is -4.11. The summed E-state index contributed by atoms with van der Waals surface area (Å²) in [5.41, 5.74) is 14.9. The van der Waals surface area contributed by atoms with Crippen LogP contribution >= 0.6 is 11.3 Å². The van der Waals surface area contributed by atoms with Gasteiger partial charge in [0.25, 0.3) is 11.6 Å². The molecule has 4 aromatic rings. The summed E-state index contributed by atoms with van der Waals surface area (Å²) in [7, 11) is 0. The first-order valence-electron chi connectivity index (χ1n) is 8.83. The Morgan fingerprint density at radius 1 is 1.03 bits per heavy atom. The van der Waals surface area contributed by atoms with Crippen molar-refractivity contribution in [1.29, 1.82) is 0 Å². The second-order valence-corrected chi connectivity index (χ2v) is 7.78. The molecule has 30 heavy (non-hydrogen) atoms. The van der Waals surface area contributed by atoms with Gasteiger partial charge in [0.05, 0.1) is 21.9 Å². The minimum Gasteiger partial charge on any atom is -0.397 e. The molecular formula is C21H12N4O4S. The number of hydrogen-bond donors (Lipinski definition) is 2. The Morgan fingerprint density at radius 2 is 1.70 bits per heavy atom. The number of primary amides is 1. The lowest BCUT2D eigenvalue weighted by Gasteiger charge is -2.11. The van der Waals surface area contributed by atoms with Gasteiger partial charge >= 0.3 is 0 Å². The maximum atomic E-state index is 13.3. The number of rotatable bonds is 3. The number of carbonyl (C=O) groups is 2. The number of aromatic nitrogens is 1. The Morgan fingerprint density at radius 3 is 2.33 bits per heavy atom. The first-order chi connectivity index (χ1) is 14.4. The van der Waals surface area contributed by atoms with Crippen molar-refractivity contribution < 1.29 is 14.5 Å². The van der Waals surface area contributed by atoms with Crippen LogP contribution in [0.1, 0.15) is 25.6 Å². The summed E-state index contributed by atoms with van der Waals surface area (Å²) in [4.78, 5) is 41.0. The summed E-state index contributed by atoms with van der Waals surface area (Å²) in [6.07, 6.45) is 0. The van der Waals surface area contributed by atoms with E-state index in [0.717, 1.165) is 11.3 Å². The number of anilines is 1. The fourth-order valence-corrected chi connectivity index (χ4v) is 4.77. The zero-order valence-corrected chi connectivity index (χ0v) is 16.0. The van der Waals surface area contributed by atoms with Crippen LogP contribution in [0.25, 0.3) is 32.6 Å². The number of fused-ring (bicyclic) bond motifs is 4. The zero-order valence-electron chi connectivity index (χ0n) is 15.2. The number of carbonyl (C=O) groups excluding carboxylic acids is 2. The van der Waals surface area contributed by atoms with Crippen LogP contribution in [0.15, 0.2) is 48.5 Å². The van der Waals surface area contributed by atoms with Crippen molar-refractivity contribution in [2.24, 2.45) is 5.73 Å². The average molecular weight is 416 g/mol. The molecule has 0 saturated heterocycles. The van der Waals surface area contributed by atoms with Crippen molar-refractivity contribution in [2.75, 3.05) is 5.73 Å². The van der Waals surface area contributed by atoms with Gasteiger partial charge in [-0.2, -0.15) is 0 Å². The lowest BCUT2D eigenvalue weighted by atomic mass is 9.94. The number of nitrogen functional groups attached to an aromatic ring is 1. The van der Waals surface area contributed by atoms with E-state index in [4.69, 9.17) is 11.5 Å². The van der Waals surface area contributed by atoms with E-state index in [1.165, 1.54) is 12.1 Å². The van der Waals surface area contributed by atoms with Crippen LogP contribution in [-0.4, -0.2) is 21.6 Å². The smallest absolute Gasteiger partial charge is 0.269 e. The average Bonchev–Trinajstić information content (AvgIpc) is 3.22. The first-order valence-corrected chi connectivity index (χ1v) is 9.65. The number of benzene rings is 2. The van der Waals surface area contributed by atoms with E-state index >= 15 is 0 Å². The van der Waals surface area contributed by atoms with Crippen LogP contribution < -0.4 is 11.5 Å². The molecule has 1 aliphatic rings. The molecule has 0 spiro atoms. The fourth-order valence-electron chi connectivity index (χ4n) is 3.81. The number of pyridine rings is 1. The number of nitrogens with zero attached hydrogens (tertiary/aromatic N) is 2. The highest BCUT2D eigenvalue weighted by molar-refractivity contribution is 7.21. The molecule has 0 fully saturated rings. The Labute approximate surface area is 172 Å². The zero-order chi connectivity index (χ0) is 21.2. The highest BCUT2D eigenvalue weighted by Crippen LogP contribution is 2.48. The molecule has 146 valence electrons. The maximum Gasteiger partial charge on any atom is 0.269 e. The molecule has 0 unspecified atom stereocenters. The molecule has 5 rings (SSSR count). The summed E-state index contributed by atoms with van der Waals surface area (Å²) >= 11 is 1.06. The Kier molecular flexibility index (Phi) is 3.71. The molecule has 2 heterocycles. The molecule has 2 aromatic carbocycles. The highest BCUT2D eigenvalue weighted by Gasteiger charge is 2.34. The van der Waals surface area contributed by atoms with E-state index in [0.29, 0.717) is 43.7 Å². The minimum atomic E-state index is -0.683. The van der Waals surface area contributed by atoms with Gasteiger partial charge in [0.1, 0.15) is 9.71 Å². The third-order valence-electron chi connectivity index (χ3n) is 5.12. The number of nitro benzene ring substituents is 1. The highest BCUT2D eigenvalue weighted by atomic mass is 32.1. The van der Waals surface area contributed by atoms with Crippen LogP contribution in [0.4, 0.5) is 11.4 Å². The van der Waals surface area contributed by atoms with Crippen molar-refractivity contribution in [3.63, 3.8) is 0 Å². The molecule has 2 aromatic heterocycles. The van der Waals surface area contributed by atoms with E-state index in [2.05, 4.69) is 4.98 Å². The predicted molar refractivity (Wildman–Crippen MR) is 114 cm³/mol. The molecule has 0 radical (unpaired) electrons. The summed E-state index contributed by atoms with van der Waals surface area (Å²) in [5.74, 6) is -0.897. The summed E-state index contributed by atoms with van der Waals surface area (Å²) in [5, 5.41) is 11.5. The van der Waals surface area contributed by atoms with Gasteiger partial charge in [0, 0.05) is 34.2 Å². The van der Waals surface area contributed by atoms with Crippen molar-refractivity contribution in [3.05, 3.63) is 74.6 Å². The van der Waals surface area contributed by atoms with Gasteiger partial charge in [0.15, 0.2) is 5.78 Å². The fraction of sp³-hybridized carbons (Fsp3) is 0. The lowest BCUT2D eigenvalue weighted by molar-refractivity contribution is -0.384. The SMILES string of the molecule is NC(=O)c1sc2nc3c(c(-c4ccc([N+](=O)[O-])cc4)c2c1N)C(=O)c1ccccc1-3. The summed E-state index contributed by atoms with van der Waals surface area (Å²) < 4.78 is 0. The molecule has 0 aliphatic heterocycles. The molecule has 4 N–H and O–H groups in total. The summed E-state index contributed by atoms with van der Waals surface area (Å²) in [6.45, 7) is 0. The van der Waals surface area contributed by atoms with Crippen LogP contribution in [0, 0.1) is 10.1 Å². The van der Waals surface area contributed by atoms with Gasteiger partial charge in [-0.05, 0) is 17.7 Å². The van der Waals surface area contributed by atoms with E-state index in [9.17, 15) is 19.7 Å². The van der Waals surface area contributed by atoms with Crippen molar-refractivity contribution >= 4 is 44.6 Å². The molecule has 9 heteroatoms. The number of nitrogens with two attached hydrogens (primary N) is 2. The van der Waals surface area contributed by atoms with Crippen LogP contribution in [0.3, 0.4) is 0 Å². The van der Waals surface area contributed by atoms with Crippen molar-refractivity contribution in [2.45, 2.75) is 0 Å². The third-order valence-corrected chi connectivity index (χ3v) is 6.24. The molecular weight excluding hydrogens is 404 g/mol. The lowest BCUT2D eigenvalue weighted by Crippen LogP contribution is -2.10. The second kappa shape index (κ2) is 6.19. The molecule has 1 amide bonds. The predicted octanol–water partition coefficient (Wildman–Crippen LogP) is 3.76. The standard InChI is InChI=1S/C21H12N4O4S/c22-16-14-13(9-5-7-10(8-6-9)25(28)29)15-17(24-21(14)30-19(16)20(23)27)11-3-1-2-4-12(11)18(15)26/h1-8H,22H2,(H2,23,27). The van der Waals surface area contributed by atoms with E-state index in [-0.39, 0.29) is 22.0 Å². The van der Waals surface area contributed by atoms with Gasteiger partial charge in [0.2, 0.25) is 0 Å². The number of hydrogen-bond acceptors (Lipinski definition) is 7. The Balaban J connectivity index is 1.91. The molecule has 1 aliphatic carbocycles. The number of non-ortho nitro benzene ring substituents is 1. The number of amides is 1. The van der Waals surface area contributed by atoms with Gasteiger partial charge in [-0.3, -0.25) is 19.7 Å². The van der Waals surface area contributed by atoms with Crippen molar-refractivity contribution in [1.82, 2.24) is 4.98 Å². The second-order valence-electron chi connectivity index (χ2n) is 6.78. The molecule has 0 saturated carbocycles. The number of ketones is 1. The van der Waals surface area contributed by atoms with Crippen LogP contribution in [-0.2, 0) is 0 Å². The number of thiophene rings is 1. The Bertz CT molecular complexity index is 1420. The van der Waals surface area contributed by atoms with Gasteiger partial charge in [-0.25, -0.2) is 4.98 Å². The molecule has 8 nitrogen and oxygen atoms in total. The molecule has 0 bridgehead atoms. The van der Waals surface area contributed by atoms with E-state index in [1.807, 2.05) is 12.1 Å². The quantitative estimate of drug-likeness (QED) is 0.339. The van der Waals surface area contributed by atoms with E-state index in [1.54, 1.807) is 24.3 Å². The monoisotopic (exact) mass is 416 g/mol. The van der Waals surface area contributed by atoms with Gasteiger partial charge in [-0.15, -0.1) is 11.3 Å². The topological polar surface area (TPSA) is 142 Å². The minimum absolute atomic E-state index is 0.0774. The van der Waals surface area contributed by atoms with Crippen molar-refractivity contribution in [3.8, 4) is 22.4 Å². The largest absolute Gasteiger partial charge is 0.397 e. The first kappa shape index (κ1) is 18.0. The van der Waals surface area contributed by atoms with Gasteiger partial charge < -0.3 is 11.5 Å².